The number of benzene rings is 2. The highest BCUT2D eigenvalue weighted by Gasteiger charge is 2.28. The Balaban J connectivity index is 1.69. The van der Waals surface area contributed by atoms with Gasteiger partial charge in [0.1, 0.15) is 5.15 Å². The van der Waals surface area contributed by atoms with Crippen molar-refractivity contribution in [3.63, 3.8) is 0 Å². The summed E-state index contributed by atoms with van der Waals surface area (Å²) in [6, 6.07) is 12.7. The molecule has 0 saturated heterocycles. The number of para-hydroxylation sites is 1. The summed E-state index contributed by atoms with van der Waals surface area (Å²) in [4.78, 5) is 25.8. The first kappa shape index (κ1) is 21.2. The Kier molecular flexibility index (Phi) is 6.37. The van der Waals surface area contributed by atoms with Crippen LogP contribution in [0.1, 0.15) is 48.0 Å². The zero-order chi connectivity index (χ0) is 21.3. The second kappa shape index (κ2) is 9.01. The summed E-state index contributed by atoms with van der Waals surface area (Å²) in [6.07, 6.45) is 5.13. The van der Waals surface area contributed by atoms with Crippen molar-refractivity contribution >= 4 is 57.4 Å². The van der Waals surface area contributed by atoms with E-state index in [1.54, 1.807) is 16.7 Å². The first-order valence-corrected chi connectivity index (χ1v) is 11.1. The monoisotopic (exact) mass is 462 g/mol. The quantitative estimate of drug-likeness (QED) is 0.357. The van der Waals surface area contributed by atoms with Crippen molar-refractivity contribution in [2.45, 2.75) is 44.7 Å². The smallest absolute Gasteiger partial charge is 0.292 e. The molecule has 1 N–H and O–H groups in total. The Bertz CT molecular complexity index is 1120. The maximum atomic E-state index is 13.1. The number of nitrogens with zero attached hydrogens (tertiary/aromatic N) is 1. The maximum Gasteiger partial charge on any atom is 0.292 e. The molecule has 1 aliphatic rings. The van der Waals surface area contributed by atoms with Gasteiger partial charge in [-0.25, -0.2) is 0 Å². The van der Waals surface area contributed by atoms with Crippen LogP contribution in [-0.2, 0) is 11.3 Å². The Morgan fingerprint density at radius 1 is 1.00 bits per heavy atom. The van der Waals surface area contributed by atoms with E-state index in [-0.39, 0.29) is 16.8 Å². The van der Waals surface area contributed by atoms with E-state index in [1.807, 2.05) is 30.3 Å². The minimum absolute atomic E-state index is 0.0511. The number of halogens is 3. The molecule has 3 aromatic rings. The van der Waals surface area contributed by atoms with Gasteiger partial charge < -0.3 is 9.88 Å². The zero-order valence-electron chi connectivity index (χ0n) is 16.3. The molecular weight excluding hydrogens is 443 g/mol. The standard InChI is InChI=1S/C23H21Cl3N2O2/c24-15-11-10-14(18(25)12-15)13-28-19-9-5-4-8-17(19)20(22(28)26)21(29)23(30)27-16-6-2-1-3-7-16/h4-5,8-12,16H,1-3,6-7,13H2,(H,27,30). The third-order valence-corrected chi connectivity index (χ3v) is 6.60. The second-order valence-electron chi connectivity index (χ2n) is 7.64. The van der Waals surface area contributed by atoms with E-state index in [9.17, 15) is 9.59 Å². The number of ketones is 1. The molecule has 0 aliphatic heterocycles. The number of hydrogen-bond donors (Lipinski definition) is 1. The SMILES string of the molecule is O=C(NC1CCCCC1)C(=O)c1c(Cl)n(Cc2ccc(Cl)cc2Cl)c2ccccc12. The van der Waals surface area contributed by atoms with Crippen LogP contribution in [0, 0.1) is 0 Å². The molecule has 0 radical (unpaired) electrons. The van der Waals surface area contributed by atoms with E-state index in [4.69, 9.17) is 34.8 Å². The molecule has 0 bridgehead atoms. The molecule has 1 aromatic heterocycles. The highest BCUT2D eigenvalue weighted by atomic mass is 35.5. The van der Waals surface area contributed by atoms with Gasteiger partial charge in [-0.3, -0.25) is 9.59 Å². The van der Waals surface area contributed by atoms with Crippen LogP contribution in [0.5, 0.6) is 0 Å². The van der Waals surface area contributed by atoms with Crippen molar-refractivity contribution in [2.75, 3.05) is 0 Å². The molecule has 1 aliphatic carbocycles. The third-order valence-electron chi connectivity index (χ3n) is 5.62. The molecule has 0 atom stereocenters. The fraction of sp³-hybridized carbons (Fsp3) is 0.304. The number of Topliss-reactive ketones (excluding diaryl/α,β-unsaturated/α-hetero) is 1. The number of hydrogen-bond acceptors (Lipinski definition) is 2. The summed E-state index contributed by atoms with van der Waals surface area (Å²) in [5.41, 5.74) is 1.81. The lowest BCUT2D eigenvalue weighted by atomic mass is 9.95. The topological polar surface area (TPSA) is 51.1 Å². The molecule has 1 fully saturated rings. The van der Waals surface area contributed by atoms with Crippen LogP contribution in [0.4, 0.5) is 0 Å². The summed E-state index contributed by atoms with van der Waals surface area (Å²) in [5, 5.41) is 4.83. The fourth-order valence-electron chi connectivity index (χ4n) is 4.07. The van der Waals surface area contributed by atoms with Crippen LogP contribution in [0.3, 0.4) is 0 Å². The van der Waals surface area contributed by atoms with Crippen molar-refractivity contribution in [3.05, 3.63) is 68.8 Å². The minimum Gasteiger partial charge on any atom is -0.346 e. The molecule has 7 heteroatoms. The number of rotatable bonds is 5. The Morgan fingerprint density at radius 3 is 2.47 bits per heavy atom. The summed E-state index contributed by atoms with van der Waals surface area (Å²) >= 11 is 19.0. The van der Waals surface area contributed by atoms with E-state index in [0.717, 1.165) is 36.8 Å². The molecule has 0 spiro atoms. The van der Waals surface area contributed by atoms with E-state index in [2.05, 4.69) is 5.32 Å². The fourth-order valence-corrected chi connectivity index (χ4v) is 4.88. The Hall–Kier alpha value is -2.01. The van der Waals surface area contributed by atoms with Gasteiger partial charge in [0.15, 0.2) is 0 Å². The number of fused-ring (bicyclic) bond motifs is 1. The molecule has 2 aromatic carbocycles. The Morgan fingerprint density at radius 2 is 1.73 bits per heavy atom. The largest absolute Gasteiger partial charge is 0.346 e. The predicted molar refractivity (Wildman–Crippen MR) is 122 cm³/mol. The Labute approximate surface area is 190 Å². The van der Waals surface area contributed by atoms with Crippen LogP contribution in [0.25, 0.3) is 10.9 Å². The van der Waals surface area contributed by atoms with Gasteiger partial charge >= 0.3 is 0 Å². The predicted octanol–water partition coefficient (Wildman–Crippen LogP) is 6.28. The minimum atomic E-state index is -0.609. The molecule has 4 rings (SSSR count). The van der Waals surface area contributed by atoms with Gasteiger partial charge in [0.2, 0.25) is 0 Å². The molecule has 1 saturated carbocycles. The van der Waals surface area contributed by atoms with Gasteiger partial charge in [0.25, 0.3) is 11.7 Å². The van der Waals surface area contributed by atoms with E-state index in [0.29, 0.717) is 22.0 Å². The van der Waals surface area contributed by atoms with E-state index in [1.165, 1.54) is 6.42 Å². The van der Waals surface area contributed by atoms with Crippen LogP contribution in [0.15, 0.2) is 42.5 Å². The van der Waals surface area contributed by atoms with Crippen molar-refractivity contribution in [2.24, 2.45) is 0 Å². The third kappa shape index (κ3) is 4.22. The van der Waals surface area contributed by atoms with Gasteiger partial charge in [-0.1, -0.05) is 78.3 Å². The summed E-state index contributed by atoms with van der Waals surface area (Å²) < 4.78 is 1.80. The number of amides is 1. The second-order valence-corrected chi connectivity index (χ2v) is 8.84. The van der Waals surface area contributed by atoms with Gasteiger partial charge in [0, 0.05) is 21.5 Å². The number of carbonyl (C=O) groups excluding carboxylic acids is 2. The zero-order valence-corrected chi connectivity index (χ0v) is 18.5. The first-order valence-electron chi connectivity index (χ1n) is 10.0. The van der Waals surface area contributed by atoms with Crippen molar-refractivity contribution < 1.29 is 9.59 Å². The van der Waals surface area contributed by atoms with Crippen LogP contribution < -0.4 is 5.32 Å². The van der Waals surface area contributed by atoms with Crippen LogP contribution in [0.2, 0.25) is 15.2 Å². The van der Waals surface area contributed by atoms with Crippen LogP contribution >= 0.6 is 34.8 Å². The van der Waals surface area contributed by atoms with Gasteiger partial charge in [0.05, 0.1) is 17.6 Å². The van der Waals surface area contributed by atoms with Gasteiger partial charge in [-0.05, 0) is 36.6 Å². The molecular formula is C23H21Cl3N2O2. The van der Waals surface area contributed by atoms with Gasteiger partial charge in [-0.15, -0.1) is 0 Å². The molecule has 1 amide bonds. The lowest BCUT2D eigenvalue weighted by molar-refractivity contribution is -0.117. The lowest BCUT2D eigenvalue weighted by Crippen LogP contribution is -2.40. The number of aromatic nitrogens is 1. The van der Waals surface area contributed by atoms with Crippen LogP contribution in [-0.4, -0.2) is 22.3 Å². The maximum absolute atomic E-state index is 13.1. The average molecular weight is 464 g/mol. The highest BCUT2D eigenvalue weighted by Crippen LogP contribution is 2.33. The molecule has 1 heterocycles. The summed E-state index contributed by atoms with van der Waals surface area (Å²) in [5.74, 6) is -1.21. The summed E-state index contributed by atoms with van der Waals surface area (Å²) in [7, 11) is 0. The molecule has 30 heavy (non-hydrogen) atoms. The van der Waals surface area contributed by atoms with Crippen molar-refractivity contribution in [1.82, 2.24) is 9.88 Å². The normalized spacial score (nSPS) is 14.8. The van der Waals surface area contributed by atoms with Crippen molar-refractivity contribution in [3.8, 4) is 0 Å². The molecule has 0 unspecified atom stereocenters. The first-order chi connectivity index (χ1) is 14.5. The molecule has 4 nitrogen and oxygen atoms in total. The van der Waals surface area contributed by atoms with E-state index >= 15 is 0 Å². The van der Waals surface area contributed by atoms with Crippen molar-refractivity contribution in [1.29, 1.82) is 0 Å². The summed E-state index contributed by atoms with van der Waals surface area (Å²) in [6.45, 7) is 0.354. The number of carbonyl (C=O) groups is 2. The van der Waals surface area contributed by atoms with Gasteiger partial charge in [-0.2, -0.15) is 0 Å². The van der Waals surface area contributed by atoms with E-state index < -0.39 is 11.7 Å². The molecule has 156 valence electrons. The number of nitrogens with one attached hydrogen (secondary N) is 1. The lowest BCUT2D eigenvalue weighted by Gasteiger charge is -2.22. The average Bonchev–Trinajstić information content (AvgIpc) is 3.01. The highest BCUT2D eigenvalue weighted by molar-refractivity contribution is 6.49.